The Morgan fingerprint density at radius 3 is 2.36 bits per heavy atom. The minimum absolute atomic E-state index is 0.181. The lowest BCUT2D eigenvalue weighted by atomic mass is 10.0. The number of sulfone groups is 1. The van der Waals surface area contributed by atoms with Crippen LogP contribution < -0.4 is 10.5 Å². The number of hydrogen-bond acceptors (Lipinski definition) is 5. The number of aromatic amines is 1. The summed E-state index contributed by atoms with van der Waals surface area (Å²) in [5.74, 6) is 0.0736. The predicted octanol–water partition coefficient (Wildman–Crippen LogP) is 4.36. The topological polar surface area (TPSA) is 122 Å². The van der Waals surface area contributed by atoms with Crippen LogP contribution in [0.25, 0.3) is 10.9 Å². The van der Waals surface area contributed by atoms with E-state index >= 15 is 0 Å². The fraction of sp³-hybridized carbons (Fsp3) is 0.160. The van der Waals surface area contributed by atoms with Crippen LogP contribution >= 0.6 is 0 Å². The molecule has 1 heterocycles. The lowest BCUT2D eigenvalue weighted by Crippen LogP contribution is -2.32. The summed E-state index contributed by atoms with van der Waals surface area (Å²) in [5, 5.41) is 9.60. The van der Waals surface area contributed by atoms with Crippen molar-refractivity contribution in [3.05, 3.63) is 83.6 Å². The summed E-state index contributed by atoms with van der Waals surface area (Å²) in [6, 6.07) is 16.3. The number of carbonyl (C=O) groups is 1. The molecule has 0 fully saturated rings. The minimum Gasteiger partial charge on any atom is -0.480 e. The van der Waals surface area contributed by atoms with Crippen LogP contribution in [-0.4, -0.2) is 30.5 Å². The standard InChI is InChI=1S/C25H24N2O5S/c1-15-10-17(12-21(26)25(28)29)11-16(2)24(15)32-18-8-9-22-20(13-18)23(14-27-22)33(30,31)19-6-4-3-5-7-19/h3-11,13-14,21,27H,12,26H2,1-2H3,(H,28,29)/t21-/m0/s1. The third-order valence-electron chi connectivity index (χ3n) is 5.47. The molecule has 0 aliphatic rings. The number of fused-ring (bicyclic) bond motifs is 1. The highest BCUT2D eigenvalue weighted by molar-refractivity contribution is 7.91. The summed E-state index contributed by atoms with van der Waals surface area (Å²) in [4.78, 5) is 14.5. The van der Waals surface area contributed by atoms with E-state index < -0.39 is 21.8 Å². The molecule has 0 aliphatic carbocycles. The van der Waals surface area contributed by atoms with E-state index in [4.69, 9.17) is 15.6 Å². The van der Waals surface area contributed by atoms with Crippen molar-refractivity contribution < 1.29 is 23.1 Å². The molecule has 0 amide bonds. The van der Waals surface area contributed by atoms with Gasteiger partial charge in [0, 0.05) is 17.1 Å². The zero-order valence-corrected chi connectivity index (χ0v) is 19.0. The second-order valence-electron chi connectivity index (χ2n) is 7.99. The number of aryl methyl sites for hydroxylation is 2. The quantitative estimate of drug-likeness (QED) is 0.373. The van der Waals surface area contributed by atoms with E-state index in [1.807, 2.05) is 26.0 Å². The zero-order chi connectivity index (χ0) is 23.8. The number of carboxylic acid groups (broad SMARTS) is 1. The van der Waals surface area contributed by atoms with Crippen molar-refractivity contribution >= 4 is 26.7 Å². The fourth-order valence-corrected chi connectivity index (χ4v) is 5.31. The molecule has 0 radical (unpaired) electrons. The average Bonchev–Trinajstić information content (AvgIpc) is 3.21. The molecular formula is C25H24N2O5S. The molecular weight excluding hydrogens is 440 g/mol. The highest BCUT2D eigenvalue weighted by Crippen LogP contribution is 2.34. The molecule has 4 aromatic rings. The smallest absolute Gasteiger partial charge is 0.320 e. The van der Waals surface area contributed by atoms with Gasteiger partial charge in [0.05, 0.1) is 9.79 Å². The van der Waals surface area contributed by atoms with Crippen molar-refractivity contribution in [1.82, 2.24) is 4.98 Å². The van der Waals surface area contributed by atoms with Gasteiger partial charge < -0.3 is 20.6 Å². The van der Waals surface area contributed by atoms with Gasteiger partial charge in [0.1, 0.15) is 17.5 Å². The third-order valence-corrected chi connectivity index (χ3v) is 7.28. The largest absolute Gasteiger partial charge is 0.480 e. The Morgan fingerprint density at radius 2 is 1.73 bits per heavy atom. The number of nitrogens with two attached hydrogens (primary N) is 1. The summed E-state index contributed by atoms with van der Waals surface area (Å²) in [5.41, 5.74) is 8.81. The van der Waals surface area contributed by atoms with Gasteiger partial charge in [-0.15, -0.1) is 0 Å². The minimum atomic E-state index is -3.70. The van der Waals surface area contributed by atoms with Gasteiger partial charge in [-0.1, -0.05) is 30.3 Å². The summed E-state index contributed by atoms with van der Waals surface area (Å²) in [7, 11) is -3.70. The lowest BCUT2D eigenvalue weighted by molar-refractivity contribution is -0.138. The molecule has 0 saturated heterocycles. The fourth-order valence-electron chi connectivity index (χ4n) is 3.86. The summed E-state index contributed by atoms with van der Waals surface area (Å²) in [6.45, 7) is 3.75. The maximum Gasteiger partial charge on any atom is 0.320 e. The second kappa shape index (κ2) is 8.73. The molecule has 0 saturated carbocycles. The molecule has 4 rings (SSSR count). The Balaban J connectivity index is 1.68. The van der Waals surface area contributed by atoms with Gasteiger partial charge in [-0.3, -0.25) is 4.79 Å². The van der Waals surface area contributed by atoms with E-state index in [9.17, 15) is 13.2 Å². The molecule has 0 spiro atoms. The maximum atomic E-state index is 13.1. The van der Waals surface area contributed by atoms with E-state index in [-0.39, 0.29) is 16.2 Å². The van der Waals surface area contributed by atoms with Crippen molar-refractivity contribution in [3.8, 4) is 11.5 Å². The van der Waals surface area contributed by atoms with Gasteiger partial charge in [0.2, 0.25) is 9.84 Å². The molecule has 1 atom stereocenters. The van der Waals surface area contributed by atoms with Crippen LogP contribution in [0, 0.1) is 13.8 Å². The number of ether oxygens (including phenoxy) is 1. The van der Waals surface area contributed by atoms with E-state index in [2.05, 4.69) is 4.98 Å². The molecule has 0 unspecified atom stereocenters. The first-order chi connectivity index (χ1) is 15.7. The second-order valence-corrected chi connectivity index (χ2v) is 9.90. The van der Waals surface area contributed by atoms with Crippen LogP contribution in [0.3, 0.4) is 0 Å². The molecule has 4 N–H and O–H groups in total. The Bertz CT molecular complexity index is 1420. The normalized spacial score (nSPS) is 12.6. The van der Waals surface area contributed by atoms with Crippen LogP contribution in [0.2, 0.25) is 0 Å². The summed E-state index contributed by atoms with van der Waals surface area (Å²) in [6.07, 6.45) is 1.71. The van der Waals surface area contributed by atoms with Gasteiger partial charge >= 0.3 is 5.97 Å². The molecule has 1 aromatic heterocycles. The van der Waals surface area contributed by atoms with Gasteiger partial charge in [-0.2, -0.15) is 0 Å². The molecule has 3 aromatic carbocycles. The number of aliphatic carboxylic acids is 1. The summed E-state index contributed by atoms with van der Waals surface area (Å²) >= 11 is 0. The van der Waals surface area contributed by atoms with Crippen LogP contribution in [0.4, 0.5) is 0 Å². The van der Waals surface area contributed by atoms with Crippen molar-refractivity contribution in [2.24, 2.45) is 5.73 Å². The number of nitrogens with one attached hydrogen (secondary N) is 1. The monoisotopic (exact) mass is 464 g/mol. The SMILES string of the molecule is Cc1cc(C[C@H](N)C(=O)O)cc(C)c1Oc1ccc2[nH]cc(S(=O)(=O)c3ccccc3)c2c1. The van der Waals surface area contributed by atoms with Crippen molar-refractivity contribution in [2.75, 3.05) is 0 Å². The predicted molar refractivity (Wildman–Crippen MR) is 125 cm³/mol. The first-order valence-corrected chi connectivity index (χ1v) is 11.8. The first-order valence-electron chi connectivity index (χ1n) is 10.3. The molecule has 33 heavy (non-hydrogen) atoms. The van der Waals surface area contributed by atoms with Crippen LogP contribution in [0.5, 0.6) is 11.5 Å². The van der Waals surface area contributed by atoms with E-state index in [0.717, 1.165) is 16.7 Å². The maximum absolute atomic E-state index is 13.1. The number of aromatic nitrogens is 1. The molecule has 0 bridgehead atoms. The van der Waals surface area contributed by atoms with Crippen LogP contribution in [0.1, 0.15) is 16.7 Å². The average molecular weight is 465 g/mol. The molecule has 170 valence electrons. The van der Waals surface area contributed by atoms with E-state index in [1.165, 1.54) is 6.20 Å². The third kappa shape index (κ3) is 4.48. The van der Waals surface area contributed by atoms with Gasteiger partial charge in [-0.25, -0.2) is 8.42 Å². The zero-order valence-electron chi connectivity index (χ0n) is 18.2. The number of carboxylic acids is 1. The number of benzene rings is 3. The van der Waals surface area contributed by atoms with Crippen molar-refractivity contribution in [3.63, 3.8) is 0 Å². The van der Waals surface area contributed by atoms with Crippen molar-refractivity contribution in [1.29, 1.82) is 0 Å². The van der Waals surface area contributed by atoms with Crippen molar-refractivity contribution in [2.45, 2.75) is 36.1 Å². The lowest BCUT2D eigenvalue weighted by Gasteiger charge is -2.15. The van der Waals surface area contributed by atoms with Crippen LogP contribution in [-0.2, 0) is 21.1 Å². The van der Waals surface area contributed by atoms with Gasteiger partial charge in [0.25, 0.3) is 0 Å². The Morgan fingerprint density at radius 1 is 1.06 bits per heavy atom. The Labute approximate surface area is 191 Å². The molecule has 0 aliphatic heterocycles. The Hall–Kier alpha value is -3.62. The summed E-state index contributed by atoms with van der Waals surface area (Å²) < 4.78 is 32.4. The highest BCUT2D eigenvalue weighted by Gasteiger charge is 2.22. The van der Waals surface area contributed by atoms with Gasteiger partial charge in [0.15, 0.2) is 0 Å². The highest BCUT2D eigenvalue weighted by atomic mass is 32.2. The van der Waals surface area contributed by atoms with Crippen LogP contribution in [0.15, 0.2) is 76.7 Å². The number of rotatable bonds is 7. The Kier molecular flexibility index (Phi) is 5.97. The first kappa shape index (κ1) is 22.6. The number of hydrogen-bond donors (Lipinski definition) is 3. The van der Waals surface area contributed by atoms with E-state index in [1.54, 1.807) is 48.5 Å². The molecule has 7 nitrogen and oxygen atoms in total. The number of H-pyrrole nitrogens is 1. The van der Waals surface area contributed by atoms with Gasteiger partial charge in [-0.05, 0) is 67.3 Å². The molecule has 8 heteroatoms. The van der Waals surface area contributed by atoms with E-state index in [0.29, 0.717) is 22.4 Å².